The van der Waals surface area contributed by atoms with Crippen LogP contribution in [-0.4, -0.2) is 27.1 Å². The monoisotopic (exact) mass is 484 g/mol. The second-order valence-corrected chi connectivity index (χ2v) is 8.74. The van der Waals surface area contributed by atoms with Gasteiger partial charge in [0.2, 0.25) is 15.9 Å². The number of amides is 1. The van der Waals surface area contributed by atoms with Gasteiger partial charge in [0.15, 0.2) is 0 Å². The number of nitrogens with zero attached hydrogens (tertiary/aromatic N) is 1. The highest BCUT2D eigenvalue weighted by Crippen LogP contribution is 2.36. The lowest BCUT2D eigenvalue weighted by molar-refractivity contribution is -0.137. The number of alkyl halides is 3. The van der Waals surface area contributed by atoms with Crippen LogP contribution in [0.1, 0.15) is 5.56 Å². The van der Waals surface area contributed by atoms with E-state index in [2.05, 4.69) is 21.2 Å². The van der Waals surface area contributed by atoms with Crippen LogP contribution >= 0.6 is 27.5 Å². The molecule has 0 fully saturated rings. The zero-order chi connectivity index (χ0) is 20.4. The summed E-state index contributed by atoms with van der Waals surface area (Å²) in [7, 11) is -3.86. The molecule has 0 saturated carbocycles. The van der Waals surface area contributed by atoms with E-state index in [-0.39, 0.29) is 10.7 Å². The summed E-state index contributed by atoms with van der Waals surface area (Å²) in [5.74, 6) is -0.937. The number of halogens is 5. The van der Waals surface area contributed by atoms with Gasteiger partial charge in [0.1, 0.15) is 6.54 Å². The van der Waals surface area contributed by atoms with E-state index in [0.29, 0.717) is 10.5 Å². The quantitative estimate of drug-likeness (QED) is 0.677. The zero-order valence-corrected chi connectivity index (χ0v) is 16.9. The summed E-state index contributed by atoms with van der Waals surface area (Å²) in [5, 5.41) is 1.95. The SMILES string of the molecule is CS(=O)(=O)N(CC(=O)Nc1ccc(Cl)cc1C(F)(F)F)c1cccc(Br)c1. The lowest BCUT2D eigenvalue weighted by Crippen LogP contribution is -2.37. The molecule has 11 heteroatoms. The first kappa shape index (κ1) is 21.5. The third-order valence-electron chi connectivity index (χ3n) is 3.34. The number of carbonyl (C=O) groups is 1. The van der Waals surface area contributed by atoms with E-state index in [1.807, 2.05) is 0 Å². The van der Waals surface area contributed by atoms with Crippen molar-refractivity contribution in [1.82, 2.24) is 0 Å². The number of nitrogens with one attached hydrogen (secondary N) is 1. The molecular formula is C16H13BrClF3N2O3S. The van der Waals surface area contributed by atoms with Crippen molar-refractivity contribution in [3.8, 4) is 0 Å². The maximum absolute atomic E-state index is 13.1. The Morgan fingerprint density at radius 1 is 1.22 bits per heavy atom. The molecule has 146 valence electrons. The molecule has 27 heavy (non-hydrogen) atoms. The minimum atomic E-state index is -4.74. The van der Waals surface area contributed by atoms with Crippen molar-refractivity contribution in [3.05, 3.63) is 57.5 Å². The van der Waals surface area contributed by atoms with Crippen LogP contribution in [0.25, 0.3) is 0 Å². The van der Waals surface area contributed by atoms with E-state index in [9.17, 15) is 26.4 Å². The summed E-state index contributed by atoms with van der Waals surface area (Å²) in [6.45, 7) is -0.699. The van der Waals surface area contributed by atoms with Crippen LogP contribution in [0.2, 0.25) is 5.02 Å². The van der Waals surface area contributed by atoms with Crippen LogP contribution < -0.4 is 9.62 Å². The summed E-state index contributed by atoms with van der Waals surface area (Å²) in [5.41, 5.74) is -1.45. The van der Waals surface area contributed by atoms with Crippen LogP contribution in [0, 0.1) is 0 Å². The van der Waals surface area contributed by atoms with E-state index < -0.39 is 39.9 Å². The molecule has 0 radical (unpaired) electrons. The van der Waals surface area contributed by atoms with Gasteiger partial charge in [-0.3, -0.25) is 9.10 Å². The van der Waals surface area contributed by atoms with Crippen molar-refractivity contribution in [1.29, 1.82) is 0 Å². The molecular weight excluding hydrogens is 473 g/mol. The molecule has 2 rings (SSSR count). The zero-order valence-electron chi connectivity index (χ0n) is 13.7. The van der Waals surface area contributed by atoms with Gasteiger partial charge in [0, 0.05) is 9.50 Å². The Morgan fingerprint density at radius 3 is 2.44 bits per heavy atom. The highest BCUT2D eigenvalue weighted by atomic mass is 79.9. The van der Waals surface area contributed by atoms with Crippen LogP contribution in [0.3, 0.4) is 0 Å². The summed E-state index contributed by atoms with van der Waals surface area (Å²) >= 11 is 8.79. The van der Waals surface area contributed by atoms with Crippen molar-refractivity contribution in [2.45, 2.75) is 6.18 Å². The average Bonchev–Trinajstić information content (AvgIpc) is 2.52. The van der Waals surface area contributed by atoms with E-state index in [1.165, 1.54) is 18.2 Å². The second-order valence-electron chi connectivity index (χ2n) is 5.49. The minimum Gasteiger partial charge on any atom is -0.324 e. The molecule has 0 aliphatic carbocycles. The van der Waals surface area contributed by atoms with Crippen LogP contribution in [-0.2, 0) is 21.0 Å². The molecule has 2 aromatic rings. The lowest BCUT2D eigenvalue weighted by atomic mass is 10.1. The average molecular weight is 486 g/mol. The van der Waals surface area contributed by atoms with Crippen LogP contribution in [0.4, 0.5) is 24.5 Å². The van der Waals surface area contributed by atoms with Crippen molar-refractivity contribution in [2.24, 2.45) is 0 Å². The van der Waals surface area contributed by atoms with E-state index >= 15 is 0 Å². The van der Waals surface area contributed by atoms with Gasteiger partial charge in [-0.05, 0) is 36.4 Å². The fraction of sp³-hybridized carbons (Fsp3) is 0.188. The number of hydrogen-bond acceptors (Lipinski definition) is 3. The molecule has 0 aromatic heterocycles. The molecule has 5 nitrogen and oxygen atoms in total. The molecule has 1 N–H and O–H groups in total. The lowest BCUT2D eigenvalue weighted by Gasteiger charge is -2.22. The molecule has 2 aromatic carbocycles. The fourth-order valence-corrected chi connectivity index (χ4v) is 3.62. The summed E-state index contributed by atoms with van der Waals surface area (Å²) in [6.07, 6.45) is -3.85. The predicted octanol–water partition coefficient (Wildman–Crippen LogP) is 4.53. The Bertz CT molecular complexity index is 968. The second kappa shape index (κ2) is 8.07. The van der Waals surface area contributed by atoms with Gasteiger partial charge >= 0.3 is 6.18 Å². The van der Waals surface area contributed by atoms with Crippen molar-refractivity contribution in [2.75, 3.05) is 22.4 Å². The maximum Gasteiger partial charge on any atom is 0.418 e. The molecule has 0 heterocycles. The van der Waals surface area contributed by atoms with Gasteiger partial charge < -0.3 is 5.32 Å². The molecule has 0 aliphatic rings. The molecule has 0 spiro atoms. The van der Waals surface area contributed by atoms with Gasteiger partial charge in [0.05, 0.1) is 23.2 Å². The topological polar surface area (TPSA) is 66.5 Å². The number of carbonyl (C=O) groups excluding carboxylic acids is 1. The first-order chi connectivity index (χ1) is 12.4. The van der Waals surface area contributed by atoms with Gasteiger partial charge in [-0.1, -0.05) is 33.6 Å². The van der Waals surface area contributed by atoms with Gasteiger partial charge in [-0.25, -0.2) is 8.42 Å². The molecule has 0 atom stereocenters. The third kappa shape index (κ3) is 5.85. The Morgan fingerprint density at radius 2 is 1.89 bits per heavy atom. The normalized spacial score (nSPS) is 11.9. The third-order valence-corrected chi connectivity index (χ3v) is 5.21. The smallest absolute Gasteiger partial charge is 0.324 e. The molecule has 0 unspecified atom stereocenters. The summed E-state index contributed by atoms with van der Waals surface area (Å²) < 4.78 is 64.8. The Hall–Kier alpha value is -1.78. The number of sulfonamides is 1. The Kier molecular flexibility index (Phi) is 6.43. The van der Waals surface area contributed by atoms with Crippen LogP contribution in [0.15, 0.2) is 46.9 Å². The molecule has 0 aliphatic heterocycles. The Balaban J connectivity index is 2.30. The number of hydrogen-bond donors (Lipinski definition) is 1. The van der Waals surface area contributed by atoms with Gasteiger partial charge in [-0.2, -0.15) is 13.2 Å². The highest BCUT2D eigenvalue weighted by Gasteiger charge is 2.34. The largest absolute Gasteiger partial charge is 0.418 e. The standard InChI is InChI=1S/C16H13BrClF3N2O3S/c1-27(25,26)23(12-4-2-3-10(17)7-12)9-15(24)22-14-6-5-11(18)8-13(14)16(19,20)21/h2-8H,9H2,1H3,(H,22,24). The van der Waals surface area contributed by atoms with E-state index in [4.69, 9.17) is 11.6 Å². The van der Waals surface area contributed by atoms with Crippen molar-refractivity contribution in [3.63, 3.8) is 0 Å². The number of rotatable bonds is 5. The van der Waals surface area contributed by atoms with Gasteiger partial charge in [0.25, 0.3) is 0 Å². The molecule has 1 amide bonds. The van der Waals surface area contributed by atoms with E-state index in [0.717, 1.165) is 16.6 Å². The van der Waals surface area contributed by atoms with Crippen molar-refractivity contribution < 1.29 is 26.4 Å². The first-order valence-electron chi connectivity index (χ1n) is 7.28. The van der Waals surface area contributed by atoms with Gasteiger partial charge in [-0.15, -0.1) is 0 Å². The number of benzene rings is 2. The van der Waals surface area contributed by atoms with E-state index in [1.54, 1.807) is 12.1 Å². The fourth-order valence-electron chi connectivity index (χ4n) is 2.21. The predicted molar refractivity (Wildman–Crippen MR) is 101 cm³/mol. The first-order valence-corrected chi connectivity index (χ1v) is 10.3. The van der Waals surface area contributed by atoms with Crippen LogP contribution in [0.5, 0.6) is 0 Å². The summed E-state index contributed by atoms with van der Waals surface area (Å²) in [6, 6.07) is 9.03. The number of anilines is 2. The molecule has 0 saturated heterocycles. The highest BCUT2D eigenvalue weighted by molar-refractivity contribution is 9.10. The summed E-state index contributed by atoms with van der Waals surface area (Å²) in [4.78, 5) is 12.3. The minimum absolute atomic E-state index is 0.146. The Labute approximate surface area is 167 Å². The van der Waals surface area contributed by atoms with Crippen molar-refractivity contribution >= 4 is 54.8 Å². The molecule has 0 bridgehead atoms. The maximum atomic E-state index is 13.1.